The highest BCUT2D eigenvalue weighted by Crippen LogP contribution is 2.25. The highest BCUT2D eigenvalue weighted by Gasteiger charge is 2.22. The molecule has 1 saturated heterocycles. The molecule has 0 amide bonds. The molecule has 1 aliphatic heterocycles. The fourth-order valence-electron chi connectivity index (χ4n) is 2.42. The normalized spacial score (nSPS) is 21.4. The van der Waals surface area contributed by atoms with Gasteiger partial charge in [0.1, 0.15) is 0 Å². The fraction of sp³-hybridized carbons (Fsp3) is 0.615. The number of nitrogens with zero attached hydrogens (tertiary/aromatic N) is 2. The van der Waals surface area contributed by atoms with Crippen LogP contribution in [-0.4, -0.2) is 17.6 Å². The number of aromatic nitrogens is 1. The molecular weight excluding hydrogens is 217 g/mol. The highest BCUT2D eigenvalue weighted by molar-refractivity contribution is 5.44. The fourth-order valence-corrected chi connectivity index (χ4v) is 2.42. The Bertz CT molecular complexity index is 381. The molecule has 1 atom stereocenters. The zero-order valence-electron chi connectivity index (χ0n) is 10.3. The van der Waals surface area contributed by atoms with Gasteiger partial charge in [0.05, 0.1) is 0 Å². The molecule has 1 fully saturated rings. The number of nitrogens with two attached hydrogens (primary N) is 1. The Kier molecular flexibility index (Phi) is 3.94. The first-order chi connectivity index (χ1) is 8.24. The van der Waals surface area contributed by atoms with Gasteiger partial charge in [-0.15, -0.1) is 0 Å². The van der Waals surface area contributed by atoms with Gasteiger partial charge in [-0.05, 0) is 25.8 Å². The third-order valence-electron chi connectivity index (χ3n) is 3.50. The molecule has 0 saturated carbocycles. The van der Waals surface area contributed by atoms with Crippen LogP contribution in [0.3, 0.4) is 0 Å². The van der Waals surface area contributed by atoms with Crippen molar-refractivity contribution < 1.29 is 4.39 Å². The monoisotopic (exact) mass is 237 g/mol. The minimum Gasteiger partial charge on any atom is -0.351 e. The molecule has 2 rings (SSSR count). The van der Waals surface area contributed by atoms with Crippen molar-refractivity contribution in [1.29, 1.82) is 0 Å². The van der Waals surface area contributed by atoms with Crippen LogP contribution in [0.4, 0.5) is 10.2 Å². The SMILES string of the molecule is CC1CCCCCN1c1nccc(CN)c1F. The highest BCUT2D eigenvalue weighted by atomic mass is 19.1. The predicted octanol–water partition coefficient (Wildman–Crippen LogP) is 2.45. The third kappa shape index (κ3) is 2.57. The predicted molar refractivity (Wildman–Crippen MR) is 67.4 cm³/mol. The average molecular weight is 237 g/mol. The summed E-state index contributed by atoms with van der Waals surface area (Å²) in [5.74, 6) is 0.228. The summed E-state index contributed by atoms with van der Waals surface area (Å²) in [6, 6.07) is 2.01. The minimum atomic E-state index is -0.247. The molecule has 0 spiro atoms. The Morgan fingerprint density at radius 2 is 2.29 bits per heavy atom. The molecule has 0 aliphatic carbocycles. The molecule has 0 radical (unpaired) electrons. The van der Waals surface area contributed by atoms with Crippen LogP contribution in [0, 0.1) is 5.82 Å². The maximum absolute atomic E-state index is 14.2. The van der Waals surface area contributed by atoms with Crippen LogP contribution in [0.2, 0.25) is 0 Å². The largest absolute Gasteiger partial charge is 0.351 e. The van der Waals surface area contributed by atoms with Crippen LogP contribution in [0.25, 0.3) is 0 Å². The first-order valence-corrected chi connectivity index (χ1v) is 6.34. The summed E-state index contributed by atoms with van der Waals surface area (Å²) in [5, 5.41) is 0. The maximum Gasteiger partial charge on any atom is 0.170 e. The van der Waals surface area contributed by atoms with E-state index in [4.69, 9.17) is 5.73 Å². The number of anilines is 1. The van der Waals surface area contributed by atoms with E-state index in [0.717, 1.165) is 19.4 Å². The van der Waals surface area contributed by atoms with E-state index >= 15 is 0 Å². The van der Waals surface area contributed by atoms with E-state index < -0.39 is 0 Å². The third-order valence-corrected chi connectivity index (χ3v) is 3.50. The van der Waals surface area contributed by atoms with Crippen molar-refractivity contribution >= 4 is 5.82 Å². The van der Waals surface area contributed by atoms with Gasteiger partial charge in [-0.3, -0.25) is 0 Å². The number of halogens is 1. The van der Waals surface area contributed by atoms with Gasteiger partial charge in [0.2, 0.25) is 0 Å². The van der Waals surface area contributed by atoms with Gasteiger partial charge in [-0.25, -0.2) is 9.37 Å². The lowest BCUT2D eigenvalue weighted by molar-refractivity contribution is 0.563. The van der Waals surface area contributed by atoms with Crippen LogP contribution >= 0.6 is 0 Å². The molecular formula is C13H20FN3. The Morgan fingerprint density at radius 3 is 3.06 bits per heavy atom. The molecule has 1 aromatic heterocycles. The van der Waals surface area contributed by atoms with Gasteiger partial charge in [-0.1, -0.05) is 12.8 Å². The first kappa shape index (κ1) is 12.3. The van der Waals surface area contributed by atoms with Gasteiger partial charge < -0.3 is 10.6 Å². The average Bonchev–Trinajstić information content (AvgIpc) is 2.55. The van der Waals surface area contributed by atoms with E-state index in [-0.39, 0.29) is 12.4 Å². The molecule has 1 aromatic rings. The number of pyridine rings is 1. The standard InChI is InChI=1S/C13H20FN3/c1-10-5-3-2-4-8-17(10)13-12(14)11(9-15)6-7-16-13/h6-7,10H,2-5,8-9,15H2,1H3. The van der Waals surface area contributed by atoms with Crippen molar-refractivity contribution in [2.45, 2.75) is 45.2 Å². The molecule has 17 heavy (non-hydrogen) atoms. The first-order valence-electron chi connectivity index (χ1n) is 6.34. The molecule has 94 valence electrons. The van der Waals surface area contributed by atoms with Crippen molar-refractivity contribution in [3.05, 3.63) is 23.6 Å². The van der Waals surface area contributed by atoms with Crippen molar-refractivity contribution in [1.82, 2.24) is 4.98 Å². The van der Waals surface area contributed by atoms with E-state index in [1.807, 2.05) is 0 Å². The zero-order valence-corrected chi connectivity index (χ0v) is 10.3. The number of rotatable bonds is 2. The van der Waals surface area contributed by atoms with Gasteiger partial charge in [-0.2, -0.15) is 0 Å². The van der Waals surface area contributed by atoms with E-state index in [0.29, 0.717) is 17.4 Å². The maximum atomic E-state index is 14.2. The van der Waals surface area contributed by atoms with Crippen molar-refractivity contribution in [2.75, 3.05) is 11.4 Å². The zero-order chi connectivity index (χ0) is 12.3. The number of hydrogen-bond acceptors (Lipinski definition) is 3. The Balaban J connectivity index is 2.31. The van der Waals surface area contributed by atoms with Gasteiger partial charge in [0, 0.05) is 30.9 Å². The Labute approximate surface area is 102 Å². The van der Waals surface area contributed by atoms with E-state index in [1.165, 1.54) is 12.8 Å². The lowest BCUT2D eigenvalue weighted by atomic mass is 10.1. The summed E-state index contributed by atoms with van der Waals surface area (Å²) >= 11 is 0. The Hall–Kier alpha value is -1.16. The van der Waals surface area contributed by atoms with Crippen LogP contribution in [-0.2, 0) is 6.54 Å². The van der Waals surface area contributed by atoms with Crippen molar-refractivity contribution in [3.8, 4) is 0 Å². The second-order valence-electron chi connectivity index (χ2n) is 4.70. The van der Waals surface area contributed by atoms with Gasteiger partial charge in [0.15, 0.2) is 11.6 Å². The minimum absolute atomic E-state index is 0.226. The van der Waals surface area contributed by atoms with Crippen LogP contribution in [0.5, 0.6) is 0 Å². The van der Waals surface area contributed by atoms with Crippen LogP contribution < -0.4 is 10.6 Å². The molecule has 0 aromatic carbocycles. The smallest absolute Gasteiger partial charge is 0.170 e. The molecule has 0 bridgehead atoms. The quantitative estimate of drug-likeness (QED) is 0.859. The summed E-state index contributed by atoms with van der Waals surface area (Å²) in [6.45, 7) is 3.25. The van der Waals surface area contributed by atoms with Crippen molar-refractivity contribution in [2.24, 2.45) is 5.73 Å². The second-order valence-corrected chi connectivity index (χ2v) is 4.70. The van der Waals surface area contributed by atoms with Crippen LogP contribution in [0.1, 0.15) is 38.2 Å². The molecule has 1 unspecified atom stereocenters. The van der Waals surface area contributed by atoms with Crippen molar-refractivity contribution in [3.63, 3.8) is 0 Å². The Morgan fingerprint density at radius 1 is 1.47 bits per heavy atom. The lowest BCUT2D eigenvalue weighted by Gasteiger charge is -2.28. The summed E-state index contributed by atoms with van der Waals surface area (Å²) < 4.78 is 14.2. The molecule has 3 nitrogen and oxygen atoms in total. The molecule has 4 heteroatoms. The molecule has 2 heterocycles. The summed E-state index contributed by atoms with van der Waals surface area (Å²) in [4.78, 5) is 6.28. The number of hydrogen-bond donors (Lipinski definition) is 1. The topological polar surface area (TPSA) is 42.2 Å². The second kappa shape index (κ2) is 5.45. The van der Waals surface area contributed by atoms with Crippen LogP contribution in [0.15, 0.2) is 12.3 Å². The summed E-state index contributed by atoms with van der Waals surface area (Å²) in [6.07, 6.45) is 6.30. The summed E-state index contributed by atoms with van der Waals surface area (Å²) in [5.41, 5.74) is 6.08. The lowest BCUT2D eigenvalue weighted by Crippen LogP contribution is -2.34. The van der Waals surface area contributed by atoms with E-state index in [1.54, 1.807) is 12.3 Å². The molecule has 1 aliphatic rings. The van der Waals surface area contributed by atoms with Gasteiger partial charge >= 0.3 is 0 Å². The summed E-state index contributed by atoms with van der Waals surface area (Å²) in [7, 11) is 0. The van der Waals surface area contributed by atoms with Gasteiger partial charge in [0.25, 0.3) is 0 Å². The van der Waals surface area contributed by atoms with E-state index in [2.05, 4.69) is 16.8 Å². The van der Waals surface area contributed by atoms with E-state index in [9.17, 15) is 4.39 Å². The molecule has 2 N–H and O–H groups in total.